The van der Waals surface area contributed by atoms with E-state index in [1.54, 1.807) is 7.11 Å². The number of halogens is 1. The molecule has 1 atom stereocenters. The monoisotopic (exact) mass is 255 g/mol. The normalized spacial score (nSPS) is 12.7. The number of hydrogen-bond acceptors (Lipinski definition) is 2. The lowest BCUT2D eigenvalue weighted by Crippen LogP contribution is -2.22. The zero-order chi connectivity index (χ0) is 12.7. The number of ether oxygens (including phenoxy) is 1. The molecule has 1 N–H and O–H groups in total. The predicted octanol–water partition coefficient (Wildman–Crippen LogP) is 3.73. The molecule has 0 bridgehead atoms. The summed E-state index contributed by atoms with van der Waals surface area (Å²) in [6.07, 6.45) is 2.13. The molecular weight excluding hydrogens is 234 g/mol. The van der Waals surface area contributed by atoms with Crippen LogP contribution in [-0.2, 0) is 4.74 Å². The van der Waals surface area contributed by atoms with Crippen LogP contribution < -0.4 is 5.32 Å². The van der Waals surface area contributed by atoms with Crippen LogP contribution in [0.2, 0.25) is 5.02 Å². The molecular formula is C14H22ClNO. The minimum Gasteiger partial charge on any atom is -0.385 e. The van der Waals surface area contributed by atoms with E-state index in [0.29, 0.717) is 6.04 Å². The van der Waals surface area contributed by atoms with Gasteiger partial charge in [-0.05, 0) is 43.5 Å². The fourth-order valence-corrected chi connectivity index (χ4v) is 2.23. The maximum atomic E-state index is 6.17. The molecule has 17 heavy (non-hydrogen) atoms. The number of nitrogens with one attached hydrogen (secondary N) is 1. The van der Waals surface area contributed by atoms with Crippen molar-refractivity contribution in [1.82, 2.24) is 5.32 Å². The Kier molecular flexibility index (Phi) is 6.56. The Morgan fingerprint density at radius 3 is 2.82 bits per heavy atom. The van der Waals surface area contributed by atoms with E-state index < -0.39 is 0 Å². The summed E-state index contributed by atoms with van der Waals surface area (Å²) in [6.45, 7) is 5.98. The smallest absolute Gasteiger partial charge is 0.0462 e. The van der Waals surface area contributed by atoms with Crippen LogP contribution >= 0.6 is 11.6 Å². The molecule has 0 spiro atoms. The highest BCUT2D eigenvalue weighted by molar-refractivity contribution is 6.31. The van der Waals surface area contributed by atoms with E-state index in [1.807, 2.05) is 12.1 Å². The zero-order valence-electron chi connectivity index (χ0n) is 10.9. The van der Waals surface area contributed by atoms with E-state index in [2.05, 4.69) is 25.2 Å². The fourth-order valence-electron chi connectivity index (χ4n) is 2.05. The van der Waals surface area contributed by atoms with E-state index in [4.69, 9.17) is 16.3 Å². The van der Waals surface area contributed by atoms with Gasteiger partial charge in [0.2, 0.25) is 0 Å². The Morgan fingerprint density at radius 1 is 1.41 bits per heavy atom. The number of methoxy groups -OCH3 is 1. The molecule has 96 valence electrons. The van der Waals surface area contributed by atoms with Gasteiger partial charge in [-0.25, -0.2) is 0 Å². The molecule has 0 saturated carbocycles. The van der Waals surface area contributed by atoms with Gasteiger partial charge in [-0.3, -0.25) is 0 Å². The molecule has 0 fully saturated rings. The summed E-state index contributed by atoms with van der Waals surface area (Å²) >= 11 is 6.17. The fraction of sp³-hybridized carbons (Fsp3) is 0.571. The third-order valence-electron chi connectivity index (χ3n) is 2.98. The molecule has 1 aromatic rings. The van der Waals surface area contributed by atoms with Crippen LogP contribution in [0.4, 0.5) is 0 Å². The summed E-state index contributed by atoms with van der Waals surface area (Å²) < 4.78 is 5.11. The van der Waals surface area contributed by atoms with Crippen molar-refractivity contribution in [3.05, 3.63) is 34.3 Å². The molecule has 1 unspecified atom stereocenters. The van der Waals surface area contributed by atoms with Crippen LogP contribution in [0.5, 0.6) is 0 Å². The molecule has 0 aromatic heterocycles. The van der Waals surface area contributed by atoms with Gasteiger partial charge in [-0.1, -0.05) is 30.7 Å². The Morgan fingerprint density at radius 2 is 2.18 bits per heavy atom. The molecule has 1 aromatic carbocycles. The first kappa shape index (κ1) is 14.5. The third-order valence-corrected chi connectivity index (χ3v) is 3.39. The van der Waals surface area contributed by atoms with E-state index in [9.17, 15) is 0 Å². The summed E-state index contributed by atoms with van der Waals surface area (Å²) in [5.41, 5.74) is 2.48. The quantitative estimate of drug-likeness (QED) is 0.750. The Bertz CT molecular complexity index is 341. The van der Waals surface area contributed by atoms with Gasteiger partial charge in [0, 0.05) is 24.8 Å². The van der Waals surface area contributed by atoms with Crippen LogP contribution in [-0.4, -0.2) is 20.3 Å². The zero-order valence-corrected chi connectivity index (χ0v) is 11.7. The van der Waals surface area contributed by atoms with Crippen molar-refractivity contribution in [2.75, 3.05) is 20.3 Å². The number of rotatable bonds is 7. The summed E-state index contributed by atoms with van der Waals surface area (Å²) in [7, 11) is 1.74. The average molecular weight is 256 g/mol. The second kappa shape index (κ2) is 7.70. The highest BCUT2D eigenvalue weighted by Crippen LogP contribution is 2.26. The Balaban J connectivity index is 2.77. The van der Waals surface area contributed by atoms with Crippen LogP contribution in [0.15, 0.2) is 18.2 Å². The highest BCUT2D eigenvalue weighted by atomic mass is 35.5. The first-order valence-electron chi connectivity index (χ1n) is 6.18. The lowest BCUT2D eigenvalue weighted by Gasteiger charge is -2.20. The lowest BCUT2D eigenvalue weighted by molar-refractivity contribution is 0.189. The van der Waals surface area contributed by atoms with Crippen LogP contribution in [0.3, 0.4) is 0 Å². The molecule has 1 rings (SSSR count). The van der Waals surface area contributed by atoms with Crippen LogP contribution in [0.25, 0.3) is 0 Å². The molecule has 2 nitrogen and oxygen atoms in total. The minimum absolute atomic E-state index is 0.369. The summed E-state index contributed by atoms with van der Waals surface area (Å²) in [5.74, 6) is 0. The number of hydrogen-bond donors (Lipinski definition) is 1. The van der Waals surface area contributed by atoms with Crippen molar-refractivity contribution in [2.24, 2.45) is 0 Å². The standard InChI is InChI=1S/C14H22ClNO/c1-4-16-14(9-6-10-17-3)12-7-5-8-13(15)11(12)2/h5,7-8,14,16H,4,6,9-10H2,1-3H3. The van der Waals surface area contributed by atoms with E-state index in [1.165, 1.54) is 11.1 Å². The van der Waals surface area contributed by atoms with Crippen molar-refractivity contribution in [3.8, 4) is 0 Å². The first-order valence-corrected chi connectivity index (χ1v) is 6.55. The molecule has 0 amide bonds. The maximum absolute atomic E-state index is 6.17. The molecule has 0 aliphatic carbocycles. The largest absolute Gasteiger partial charge is 0.385 e. The second-order valence-corrected chi connectivity index (χ2v) is 4.61. The van der Waals surface area contributed by atoms with E-state index >= 15 is 0 Å². The number of benzene rings is 1. The minimum atomic E-state index is 0.369. The van der Waals surface area contributed by atoms with E-state index in [-0.39, 0.29) is 0 Å². The summed E-state index contributed by atoms with van der Waals surface area (Å²) in [6, 6.07) is 6.49. The van der Waals surface area contributed by atoms with Gasteiger partial charge >= 0.3 is 0 Å². The second-order valence-electron chi connectivity index (χ2n) is 4.20. The topological polar surface area (TPSA) is 21.3 Å². The van der Waals surface area contributed by atoms with Crippen molar-refractivity contribution < 1.29 is 4.74 Å². The summed E-state index contributed by atoms with van der Waals surface area (Å²) in [4.78, 5) is 0. The Hall–Kier alpha value is -0.570. The van der Waals surface area contributed by atoms with Gasteiger partial charge in [0.1, 0.15) is 0 Å². The Labute approximate surface area is 109 Å². The van der Waals surface area contributed by atoms with Crippen molar-refractivity contribution in [1.29, 1.82) is 0 Å². The van der Waals surface area contributed by atoms with Gasteiger partial charge in [0.15, 0.2) is 0 Å². The first-order chi connectivity index (χ1) is 8.20. The van der Waals surface area contributed by atoms with Gasteiger partial charge in [-0.2, -0.15) is 0 Å². The molecule has 0 aliphatic heterocycles. The third kappa shape index (κ3) is 4.30. The SMILES string of the molecule is CCNC(CCCOC)c1cccc(Cl)c1C. The van der Waals surface area contributed by atoms with Crippen molar-refractivity contribution >= 4 is 11.6 Å². The molecule has 0 aliphatic rings. The van der Waals surface area contributed by atoms with Crippen LogP contribution in [0, 0.1) is 6.92 Å². The lowest BCUT2D eigenvalue weighted by atomic mass is 9.97. The predicted molar refractivity (Wildman–Crippen MR) is 73.7 cm³/mol. The molecule has 0 heterocycles. The molecule has 0 radical (unpaired) electrons. The van der Waals surface area contributed by atoms with Gasteiger partial charge in [0.05, 0.1) is 0 Å². The van der Waals surface area contributed by atoms with E-state index in [0.717, 1.165) is 31.0 Å². The van der Waals surface area contributed by atoms with Crippen molar-refractivity contribution in [3.63, 3.8) is 0 Å². The molecule has 3 heteroatoms. The molecule has 0 saturated heterocycles. The maximum Gasteiger partial charge on any atom is 0.0462 e. The average Bonchev–Trinajstić information content (AvgIpc) is 2.32. The van der Waals surface area contributed by atoms with Gasteiger partial charge < -0.3 is 10.1 Å². The summed E-state index contributed by atoms with van der Waals surface area (Å²) in [5, 5.41) is 4.36. The highest BCUT2D eigenvalue weighted by Gasteiger charge is 2.13. The van der Waals surface area contributed by atoms with Gasteiger partial charge in [-0.15, -0.1) is 0 Å². The van der Waals surface area contributed by atoms with Crippen LogP contribution in [0.1, 0.15) is 36.9 Å². The van der Waals surface area contributed by atoms with Gasteiger partial charge in [0.25, 0.3) is 0 Å². The van der Waals surface area contributed by atoms with Crippen molar-refractivity contribution in [2.45, 2.75) is 32.7 Å².